The van der Waals surface area contributed by atoms with Crippen LogP contribution in [0.5, 0.6) is 5.75 Å². The Bertz CT molecular complexity index is 1110. The van der Waals surface area contributed by atoms with Crippen LogP contribution in [0, 0.1) is 5.82 Å². The number of hydrogen-bond donors (Lipinski definition) is 0. The van der Waals surface area contributed by atoms with Gasteiger partial charge in [0.1, 0.15) is 18.2 Å². The topological polar surface area (TPSA) is 46.6 Å². The number of ether oxygens (including phenoxy) is 1. The summed E-state index contributed by atoms with van der Waals surface area (Å²) in [5.41, 5.74) is 2.70. The summed E-state index contributed by atoms with van der Waals surface area (Å²) in [7, 11) is 0. The molecule has 0 aromatic heterocycles. The number of carbonyl (C=O) groups excluding carboxylic acids is 2. The Labute approximate surface area is 184 Å². The molecule has 1 fully saturated rings. The van der Waals surface area contributed by atoms with Gasteiger partial charge in [0.2, 0.25) is 0 Å². The number of rotatable bonds is 7. The molecule has 0 saturated carbocycles. The Morgan fingerprint density at radius 1 is 0.903 bits per heavy atom. The van der Waals surface area contributed by atoms with E-state index in [2.05, 4.69) is 0 Å². The number of imide groups is 1. The first kappa shape index (κ1) is 20.9. The van der Waals surface area contributed by atoms with Gasteiger partial charge in [-0.15, -0.1) is 0 Å². The molecule has 1 aliphatic heterocycles. The van der Waals surface area contributed by atoms with Gasteiger partial charge >= 0.3 is 0 Å². The first-order valence-electron chi connectivity index (χ1n) is 9.85. The second-order valence-electron chi connectivity index (χ2n) is 7.06. The summed E-state index contributed by atoms with van der Waals surface area (Å²) in [6, 6.07) is 23.2. The van der Waals surface area contributed by atoms with Crippen LogP contribution in [-0.2, 0) is 17.8 Å². The molecule has 156 valence electrons. The number of amides is 2. The molecule has 0 atom stereocenters. The molecule has 0 bridgehead atoms. The molecule has 4 nitrogen and oxygen atoms in total. The first-order valence-corrected chi connectivity index (χ1v) is 10.7. The SMILES string of the molecule is O=C1S/C(=C/c2cccc(OCc3ccc(F)cc3)c2)C(=O)N1CCc1ccccc1. The Morgan fingerprint density at radius 3 is 2.45 bits per heavy atom. The molecule has 0 aliphatic carbocycles. The molecule has 1 aliphatic rings. The van der Waals surface area contributed by atoms with Crippen molar-refractivity contribution in [3.05, 3.63) is 106 Å². The van der Waals surface area contributed by atoms with Crippen LogP contribution >= 0.6 is 11.8 Å². The fourth-order valence-electron chi connectivity index (χ4n) is 3.17. The highest BCUT2D eigenvalue weighted by Gasteiger charge is 2.34. The van der Waals surface area contributed by atoms with E-state index in [0.29, 0.717) is 30.2 Å². The minimum absolute atomic E-state index is 0.254. The van der Waals surface area contributed by atoms with E-state index in [-0.39, 0.29) is 17.0 Å². The Balaban J connectivity index is 1.41. The molecule has 0 N–H and O–H groups in total. The monoisotopic (exact) mass is 433 g/mol. The van der Waals surface area contributed by atoms with Crippen LogP contribution in [0.3, 0.4) is 0 Å². The molecule has 31 heavy (non-hydrogen) atoms. The van der Waals surface area contributed by atoms with Crippen LogP contribution in [0.15, 0.2) is 83.8 Å². The lowest BCUT2D eigenvalue weighted by Crippen LogP contribution is -2.30. The van der Waals surface area contributed by atoms with Crippen LogP contribution in [0.25, 0.3) is 6.08 Å². The predicted octanol–water partition coefficient (Wildman–Crippen LogP) is 5.68. The van der Waals surface area contributed by atoms with Crippen molar-refractivity contribution >= 4 is 29.0 Å². The van der Waals surface area contributed by atoms with Crippen LogP contribution < -0.4 is 4.74 Å². The standard InChI is InChI=1S/C25H20FNO3S/c26-21-11-9-19(10-12-21)17-30-22-8-4-7-20(15-22)16-23-24(28)27(25(29)31-23)14-13-18-5-2-1-3-6-18/h1-12,15-16H,13-14,17H2/b23-16+. The highest BCUT2D eigenvalue weighted by molar-refractivity contribution is 8.18. The second kappa shape index (κ2) is 9.62. The lowest BCUT2D eigenvalue weighted by molar-refractivity contribution is -0.122. The molecule has 0 radical (unpaired) electrons. The van der Waals surface area contributed by atoms with Crippen LogP contribution in [-0.4, -0.2) is 22.6 Å². The molecule has 6 heteroatoms. The van der Waals surface area contributed by atoms with Crippen molar-refractivity contribution in [1.82, 2.24) is 4.90 Å². The molecule has 1 heterocycles. The molecule has 4 rings (SSSR count). The van der Waals surface area contributed by atoms with Crippen LogP contribution in [0.2, 0.25) is 0 Å². The van der Waals surface area contributed by atoms with Crippen LogP contribution in [0.4, 0.5) is 9.18 Å². The summed E-state index contributed by atoms with van der Waals surface area (Å²) in [6.45, 7) is 0.659. The minimum atomic E-state index is -0.288. The zero-order chi connectivity index (χ0) is 21.6. The lowest BCUT2D eigenvalue weighted by Gasteiger charge is -2.12. The second-order valence-corrected chi connectivity index (χ2v) is 8.05. The average Bonchev–Trinajstić information content (AvgIpc) is 3.05. The van der Waals surface area contributed by atoms with Crippen molar-refractivity contribution in [3.63, 3.8) is 0 Å². The molecule has 0 spiro atoms. The van der Waals surface area contributed by atoms with E-state index < -0.39 is 0 Å². The number of carbonyl (C=O) groups is 2. The number of benzene rings is 3. The van der Waals surface area contributed by atoms with E-state index in [1.54, 1.807) is 18.2 Å². The normalized spacial score (nSPS) is 15.0. The van der Waals surface area contributed by atoms with Gasteiger partial charge in [0.25, 0.3) is 11.1 Å². The third kappa shape index (κ3) is 5.41. The van der Waals surface area contributed by atoms with Gasteiger partial charge < -0.3 is 4.74 Å². The van der Waals surface area contributed by atoms with Crippen molar-refractivity contribution in [2.45, 2.75) is 13.0 Å². The number of halogens is 1. The summed E-state index contributed by atoms with van der Waals surface area (Å²) in [5.74, 6) is 0.0633. The van der Waals surface area contributed by atoms with Crippen molar-refractivity contribution in [2.24, 2.45) is 0 Å². The Morgan fingerprint density at radius 2 is 1.68 bits per heavy atom. The van der Waals surface area contributed by atoms with Gasteiger partial charge in [-0.3, -0.25) is 14.5 Å². The van der Waals surface area contributed by atoms with Gasteiger partial charge in [0.05, 0.1) is 4.91 Å². The maximum Gasteiger partial charge on any atom is 0.293 e. The van der Waals surface area contributed by atoms with E-state index in [1.165, 1.54) is 17.0 Å². The maximum absolute atomic E-state index is 13.0. The largest absolute Gasteiger partial charge is 0.489 e. The summed E-state index contributed by atoms with van der Waals surface area (Å²) in [4.78, 5) is 26.7. The van der Waals surface area contributed by atoms with Crippen molar-refractivity contribution in [1.29, 1.82) is 0 Å². The molecular formula is C25H20FNO3S. The summed E-state index contributed by atoms with van der Waals surface area (Å²) in [5, 5.41) is -0.254. The molecule has 3 aromatic carbocycles. The molecule has 2 amide bonds. The third-order valence-electron chi connectivity index (χ3n) is 4.82. The summed E-state index contributed by atoms with van der Waals surface area (Å²) in [6.07, 6.45) is 2.33. The zero-order valence-electron chi connectivity index (χ0n) is 16.7. The third-order valence-corrected chi connectivity index (χ3v) is 5.72. The van der Waals surface area contributed by atoms with E-state index in [0.717, 1.165) is 28.5 Å². The average molecular weight is 434 g/mol. The maximum atomic E-state index is 13.0. The molecule has 1 saturated heterocycles. The predicted molar refractivity (Wildman–Crippen MR) is 120 cm³/mol. The quantitative estimate of drug-likeness (QED) is 0.450. The van der Waals surface area contributed by atoms with Gasteiger partial charge in [-0.25, -0.2) is 4.39 Å². The molecule has 0 unspecified atom stereocenters. The fraction of sp³-hybridized carbons (Fsp3) is 0.120. The van der Waals surface area contributed by atoms with Gasteiger partial charge in [-0.2, -0.15) is 0 Å². The number of thioether (sulfide) groups is 1. The Kier molecular flexibility index (Phi) is 6.48. The van der Waals surface area contributed by atoms with Gasteiger partial charge in [0, 0.05) is 6.54 Å². The van der Waals surface area contributed by atoms with Gasteiger partial charge in [-0.05, 0) is 65.2 Å². The summed E-state index contributed by atoms with van der Waals surface area (Å²) < 4.78 is 18.8. The van der Waals surface area contributed by atoms with Gasteiger partial charge in [0.15, 0.2) is 0 Å². The summed E-state index contributed by atoms with van der Waals surface area (Å²) >= 11 is 0.951. The van der Waals surface area contributed by atoms with E-state index in [9.17, 15) is 14.0 Å². The zero-order valence-corrected chi connectivity index (χ0v) is 17.5. The van der Waals surface area contributed by atoms with E-state index in [1.807, 2.05) is 54.6 Å². The van der Waals surface area contributed by atoms with Crippen molar-refractivity contribution in [3.8, 4) is 5.75 Å². The fourth-order valence-corrected chi connectivity index (χ4v) is 4.04. The van der Waals surface area contributed by atoms with E-state index in [4.69, 9.17) is 4.74 Å². The van der Waals surface area contributed by atoms with Crippen LogP contribution in [0.1, 0.15) is 16.7 Å². The number of hydrogen-bond acceptors (Lipinski definition) is 4. The van der Waals surface area contributed by atoms with E-state index >= 15 is 0 Å². The number of nitrogens with zero attached hydrogens (tertiary/aromatic N) is 1. The minimum Gasteiger partial charge on any atom is -0.489 e. The molecule has 3 aromatic rings. The van der Waals surface area contributed by atoms with Crippen molar-refractivity contribution in [2.75, 3.05) is 6.54 Å². The first-order chi connectivity index (χ1) is 15.1. The molecular weight excluding hydrogens is 413 g/mol. The van der Waals surface area contributed by atoms with Gasteiger partial charge in [-0.1, -0.05) is 54.6 Å². The smallest absolute Gasteiger partial charge is 0.293 e. The highest BCUT2D eigenvalue weighted by atomic mass is 32.2. The van der Waals surface area contributed by atoms with Crippen molar-refractivity contribution < 1.29 is 18.7 Å². The lowest BCUT2D eigenvalue weighted by atomic mass is 10.1. The Hall–Kier alpha value is -3.38. The highest BCUT2D eigenvalue weighted by Crippen LogP contribution is 2.32.